The predicted molar refractivity (Wildman–Crippen MR) is 99.1 cm³/mol. The standard InChI is InChI=1S/C16H26N5O3P/c1-18-10-12-24-25(2)23-11-6-4-3-5-9-19-16(22)14-7-8-15(21-17)20-13-14/h7-8,13H,3-6,9-12,17H2,2H3,(H,19,22)(H,20,21). The van der Waals surface area contributed by atoms with E-state index in [0.717, 1.165) is 25.7 Å². The van der Waals surface area contributed by atoms with Crippen LogP contribution in [0.15, 0.2) is 18.3 Å². The van der Waals surface area contributed by atoms with Crippen LogP contribution in [0, 0.1) is 6.57 Å². The van der Waals surface area contributed by atoms with Gasteiger partial charge in [-0.05, 0) is 25.0 Å². The number of hydrogen-bond donors (Lipinski definition) is 3. The van der Waals surface area contributed by atoms with Crippen LogP contribution in [0.5, 0.6) is 0 Å². The Kier molecular flexibility index (Phi) is 11.5. The normalized spacial score (nSPS) is 11.6. The van der Waals surface area contributed by atoms with Crippen molar-refractivity contribution in [3.63, 3.8) is 0 Å². The molecular formula is C16H26N5O3P. The minimum atomic E-state index is -0.876. The van der Waals surface area contributed by atoms with Crippen LogP contribution in [-0.2, 0) is 9.05 Å². The molecule has 4 N–H and O–H groups in total. The summed E-state index contributed by atoms with van der Waals surface area (Å²) in [6, 6.07) is 3.33. The van der Waals surface area contributed by atoms with Crippen molar-refractivity contribution in [2.45, 2.75) is 25.7 Å². The van der Waals surface area contributed by atoms with Crippen molar-refractivity contribution >= 4 is 20.1 Å². The molecule has 0 saturated carbocycles. The minimum Gasteiger partial charge on any atom is -0.352 e. The number of nitrogens with two attached hydrogens (primary N) is 1. The number of rotatable bonds is 13. The number of nitrogen functional groups attached to an aromatic ring is 1. The number of aromatic nitrogens is 1. The zero-order chi connectivity index (χ0) is 18.3. The van der Waals surface area contributed by atoms with Gasteiger partial charge in [-0.2, -0.15) is 0 Å². The van der Waals surface area contributed by atoms with E-state index in [9.17, 15) is 4.79 Å². The highest BCUT2D eigenvalue weighted by molar-refractivity contribution is 7.46. The molecule has 0 aliphatic heterocycles. The van der Waals surface area contributed by atoms with Crippen molar-refractivity contribution in [3.05, 3.63) is 35.3 Å². The Morgan fingerprint density at radius 1 is 1.28 bits per heavy atom. The van der Waals surface area contributed by atoms with Gasteiger partial charge in [-0.15, -0.1) is 0 Å². The molecule has 1 amide bonds. The summed E-state index contributed by atoms with van der Waals surface area (Å²) < 4.78 is 10.9. The summed E-state index contributed by atoms with van der Waals surface area (Å²) in [6.45, 7) is 10.7. The number of pyridine rings is 1. The molecule has 0 aliphatic rings. The SMILES string of the molecule is [C-]#[N+]CCOP(C)OCCCCCCNC(=O)c1ccc(NN)nc1. The third-order valence-corrected chi connectivity index (χ3v) is 4.37. The third-order valence-electron chi connectivity index (χ3n) is 3.28. The van der Waals surface area contributed by atoms with E-state index in [1.165, 1.54) is 6.20 Å². The van der Waals surface area contributed by atoms with E-state index in [1.54, 1.807) is 12.1 Å². The molecule has 9 heteroatoms. The largest absolute Gasteiger partial charge is 0.352 e. The Bertz CT molecular complexity index is 536. The van der Waals surface area contributed by atoms with Crippen LogP contribution in [0.25, 0.3) is 4.85 Å². The van der Waals surface area contributed by atoms with Crippen LogP contribution in [-0.4, -0.2) is 43.9 Å². The van der Waals surface area contributed by atoms with E-state index < -0.39 is 8.38 Å². The third kappa shape index (κ3) is 9.95. The van der Waals surface area contributed by atoms with Gasteiger partial charge in [-0.3, -0.25) is 4.79 Å². The summed E-state index contributed by atoms with van der Waals surface area (Å²) >= 11 is 0. The average Bonchev–Trinajstić information content (AvgIpc) is 2.64. The molecule has 0 fully saturated rings. The first-order chi connectivity index (χ1) is 12.2. The highest BCUT2D eigenvalue weighted by Crippen LogP contribution is 2.33. The van der Waals surface area contributed by atoms with Gasteiger partial charge in [-0.1, -0.05) is 12.8 Å². The molecule has 1 unspecified atom stereocenters. The van der Waals surface area contributed by atoms with Crippen molar-refractivity contribution in [3.8, 4) is 0 Å². The molecule has 1 atom stereocenters. The summed E-state index contributed by atoms with van der Waals surface area (Å²) in [6.07, 6.45) is 5.44. The molecule has 1 aromatic rings. The highest BCUT2D eigenvalue weighted by atomic mass is 31.2. The van der Waals surface area contributed by atoms with Crippen LogP contribution < -0.4 is 16.6 Å². The zero-order valence-corrected chi connectivity index (χ0v) is 15.4. The molecule has 8 nitrogen and oxygen atoms in total. The summed E-state index contributed by atoms with van der Waals surface area (Å²) in [7, 11) is -0.876. The number of carbonyl (C=O) groups is 1. The maximum absolute atomic E-state index is 11.9. The molecule has 0 radical (unpaired) electrons. The Morgan fingerprint density at radius 2 is 2.04 bits per heavy atom. The van der Waals surface area contributed by atoms with Crippen molar-refractivity contribution in [2.75, 3.05) is 38.4 Å². The van der Waals surface area contributed by atoms with Gasteiger partial charge < -0.3 is 24.6 Å². The van der Waals surface area contributed by atoms with Crippen molar-refractivity contribution in [2.24, 2.45) is 5.84 Å². The average molecular weight is 367 g/mol. The minimum absolute atomic E-state index is 0.132. The fourth-order valence-electron chi connectivity index (χ4n) is 1.94. The van der Waals surface area contributed by atoms with Gasteiger partial charge in [0.1, 0.15) is 12.4 Å². The van der Waals surface area contributed by atoms with Crippen LogP contribution in [0.3, 0.4) is 0 Å². The molecule has 0 saturated heterocycles. The maximum Gasteiger partial charge on any atom is 0.252 e. The monoisotopic (exact) mass is 367 g/mol. The molecule has 0 spiro atoms. The van der Waals surface area contributed by atoms with Gasteiger partial charge in [-0.25, -0.2) is 17.4 Å². The second-order valence-corrected chi connectivity index (χ2v) is 6.63. The number of nitrogens with one attached hydrogen (secondary N) is 2. The molecule has 138 valence electrons. The predicted octanol–water partition coefficient (Wildman–Crippen LogP) is 2.55. The molecule has 0 aliphatic carbocycles. The quantitative estimate of drug-likeness (QED) is 0.163. The van der Waals surface area contributed by atoms with E-state index in [1.807, 2.05) is 6.66 Å². The van der Waals surface area contributed by atoms with Crippen LogP contribution in [0.4, 0.5) is 5.82 Å². The molecule has 0 bridgehead atoms. The second kappa shape index (κ2) is 13.5. The first kappa shape index (κ1) is 21.3. The molecule has 1 rings (SSSR count). The van der Waals surface area contributed by atoms with E-state index in [0.29, 0.717) is 37.7 Å². The fraction of sp³-hybridized carbons (Fsp3) is 0.562. The van der Waals surface area contributed by atoms with Gasteiger partial charge >= 0.3 is 0 Å². The van der Waals surface area contributed by atoms with Crippen molar-refractivity contribution in [1.29, 1.82) is 0 Å². The summed E-state index contributed by atoms with van der Waals surface area (Å²) in [4.78, 5) is 19.1. The van der Waals surface area contributed by atoms with Crippen LogP contribution in [0.2, 0.25) is 0 Å². The molecule has 1 heterocycles. The smallest absolute Gasteiger partial charge is 0.252 e. The lowest BCUT2D eigenvalue weighted by Gasteiger charge is -2.11. The molecule has 1 aromatic heterocycles. The molecule has 25 heavy (non-hydrogen) atoms. The number of carbonyl (C=O) groups excluding carboxylic acids is 1. The Hall–Kier alpha value is -1.78. The topological polar surface area (TPSA) is 103 Å². The molecule has 0 aromatic carbocycles. The Balaban J connectivity index is 1.99. The number of hydrazine groups is 1. The highest BCUT2D eigenvalue weighted by Gasteiger charge is 2.05. The van der Waals surface area contributed by atoms with E-state index in [-0.39, 0.29) is 5.91 Å². The summed E-state index contributed by atoms with van der Waals surface area (Å²) in [5.41, 5.74) is 2.93. The van der Waals surface area contributed by atoms with Crippen LogP contribution in [0.1, 0.15) is 36.0 Å². The van der Waals surface area contributed by atoms with E-state index in [2.05, 4.69) is 20.6 Å². The first-order valence-corrected chi connectivity index (χ1v) is 9.83. The summed E-state index contributed by atoms with van der Waals surface area (Å²) in [5.74, 6) is 5.62. The summed E-state index contributed by atoms with van der Waals surface area (Å²) in [5, 5.41) is 2.87. The van der Waals surface area contributed by atoms with Gasteiger partial charge in [0, 0.05) is 19.4 Å². The second-order valence-electron chi connectivity index (χ2n) is 5.23. The first-order valence-electron chi connectivity index (χ1n) is 8.21. The van der Waals surface area contributed by atoms with Gasteiger partial charge in [0.05, 0.1) is 12.2 Å². The zero-order valence-electron chi connectivity index (χ0n) is 14.5. The number of amides is 1. The van der Waals surface area contributed by atoms with E-state index >= 15 is 0 Å². The van der Waals surface area contributed by atoms with Crippen LogP contribution >= 0.6 is 8.38 Å². The fourth-order valence-corrected chi connectivity index (χ4v) is 2.74. The maximum atomic E-state index is 11.9. The number of unbranched alkanes of at least 4 members (excludes halogenated alkanes) is 3. The van der Waals surface area contributed by atoms with Gasteiger partial charge in [0.25, 0.3) is 5.91 Å². The van der Waals surface area contributed by atoms with Crippen molar-refractivity contribution < 1.29 is 13.8 Å². The number of anilines is 1. The number of nitrogens with zero attached hydrogens (tertiary/aromatic N) is 2. The Morgan fingerprint density at radius 3 is 2.72 bits per heavy atom. The van der Waals surface area contributed by atoms with Gasteiger partial charge in [0.2, 0.25) is 6.54 Å². The van der Waals surface area contributed by atoms with Crippen molar-refractivity contribution in [1.82, 2.24) is 10.3 Å². The number of hydrogen-bond acceptors (Lipinski definition) is 6. The molecular weight excluding hydrogens is 341 g/mol. The lowest BCUT2D eigenvalue weighted by molar-refractivity contribution is 0.0952. The lowest BCUT2D eigenvalue weighted by Crippen LogP contribution is -2.24. The van der Waals surface area contributed by atoms with Gasteiger partial charge in [0.15, 0.2) is 8.38 Å². The Labute approximate surface area is 150 Å². The lowest BCUT2D eigenvalue weighted by atomic mass is 10.2. The van der Waals surface area contributed by atoms with E-state index in [4.69, 9.17) is 21.5 Å².